The highest BCUT2D eigenvalue weighted by Gasteiger charge is 2.14. The van der Waals surface area contributed by atoms with Crippen LogP contribution in [0.4, 0.5) is 0 Å². The molecule has 0 bridgehead atoms. The van der Waals surface area contributed by atoms with E-state index in [1.165, 1.54) is 0 Å². The number of nitrogens with zero attached hydrogens (tertiary/aromatic N) is 1. The lowest BCUT2D eigenvalue weighted by Gasteiger charge is -2.22. The maximum atomic E-state index is 10.5. The summed E-state index contributed by atoms with van der Waals surface area (Å²) in [6.45, 7) is 8.11. The number of carboxylic acids is 1. The van der Waals surface area contributed by atoms with Gasteiger partial charge in [0, 0.05) is 13.1 Å². The molecule has 0 aliphatic heterocycles. The lowest BCUT2D eigenvalue weighted by atomic mass is 10.3. The zero-order chi connectivity index (χ0) is 12.6. The molecule has 0 saturated heterocycles. The van der Waals surface area contributed by atoms with Crippen LogP contribution in [0.3, 0.4) is 0 Å². The number of aliphatic carboxylic acids is 1. The van der Waals surface area contributed by atoms with Crippen LogP contribution in [0.15, 0.2) is 12.7 Å². The second-order valence-corrected chi connectivity index (χ2v) is 3.91. The predicted octanol–water partition coefficient (Wildman–Crippen LogP) is 0.345. The van der Waals surface area contributed by atoms with E-state index >= 15 is 0 Å². The average Bonchev–Trinajstić information content (AvgIpc) is 2.14. The summed E-state index contributed by atoms with van der Waals surface area (Å²) in [5.41, 5.74) is 0. The Labute approximate surface area is 96.3 Å². The summed E-state index contributed by atoms with van der Waals surface area (Å²) < 4.78 is 5.24. The molecule has 0 radical (unpaired) electrons. The zero-order valence-electron chi connectivity index (χ0n) is 9.93. The third-order valence-electron chi connectivity index (χ3n) is 1.84. The predicted molar refractivity (Wildman–Crippen MR) is 61.4 cm³/mol. The highest BCUT2D eigenvalue weighted by Crippen LogP contribution is 1.97. The molecule has 0 saturated carbocycles. The molecule has 0 aliphatic carbocycles. The first-order valence-corrected chi connectivity index (χ1v) is 5.30. The fraction of sp³-hybridized carbons (Fsp3) is 0.727. The average molecular weight is 231 g/mol. The van der Waals surface area contributed by atoms with Crippen molar-refractivity contribution >= 4 is 5.97 Å². The molecule has 0 aromatic heterocycles. The van der Waals surface area contributed by atoms with Gasteiger partial charge in [0.2, 0.25) is 0 Å². The van der Waals surface area contributed by atoms with Crippen LogP contribution in [-0.4, -0.2) is 59.5 Å². The Bertz CT molecular complexity index is 218. The topological polar surface area (TPSA) is 70.0 Å². The quantitative estimate of drug-likeness (QED) is 0.560. The Morgan fingerprint density at radius 1 is 1.56 bits per heavy atom. The minimum atomic E-state index is -0.918. The van der Waals surface area contributed by atoms with E-state index in [4.69, 9.17) is 9.84 Å². The molecule has 0 rings (SSSR count). The van der Waals surface area contributed by atoms with E-state index in [0.29, 0.717) is 6.54 Å². The van der Waals surface area contributed by atoms with Crippen LogP contribution in [0.5, 0.6) is 0 Å². The highest BCUT2D eigenvalue weighted by atomic mass is 16.5. The van der Waals surface area contributed by atoms with Crippen molar-refractivity contribution in [3.8, 4) is 0 Å². The van der Waals surface area contributed by atoms with Gasteiger partial charge in [-0.05, 0) is 13.8 Å². The third-order valence-corrected chi connectivity index (χ3v) is 1.84. The van der Waals surface area contributed by atoms with Crippen molar-refractivity contribution in [3.05, 3.63) is 12.7 Å². The highest BCUT2D eigenvalue weighted by molar-refractivity contribution is 5.69. The Balaban J connectivity index is 3.96. The SMILES string of the molecule is C=CCN(CC(=O)O)CC(O)COC(C)C. The Morgan fingerprint density at radius 3 is 2.62 bits per heavy atom. The number of hydrogen-bond acceptors (Lipinski definition) is 4. The van der Waals surface area contributed by atoms with Crippen LogP contribution in [0.2, 0.25) is 0 Å². The van der Waals surface area contributed by atoms with Crippen molar-refractivity contribution in [1.29, 1.82) is 0 Å². The van der Waals surface area contributed by atoms with E-state index < -0.39 is 12.1 Å². The van der Waals surface area contributed by atoms with Crippen LogP contribution in [0, 0.1) is 0 Å². The van der Waals surface area contributed by atoms with Gasteiger partial charge >= 0.3 is 5.97 Å². The smallest absolute Gasteiger partial charge is 0.317 e. The van der Waals surface area contributed by atoms with Crippen molar-refractivity contribution in [3.63, 3.8) is 0 Å². The largest absolute Gasteiger partial charge is 0.480 e. The summed E-state index contributed by atoms with van der Waals surface area (Å²) in [5.74, 6) is -0.918. The van der Waals surface area contributed by atoms with Crippen LogP contribution < -0.4 is 0 Å². The van der Waals surface area contributed by atoms with Crippen LogP contribution >= 0.6 is 0 Å². The summed E-state index contributed by atoms with van der Waals surface area (Å²) in [7, 11) is 0. The van der Waals surface area contributed by atoms with Crippen LogP contribution in [0.1, 0.15) is 13.8 Å². The molecule has 0 aromatic rings. The first kappa shape index (κ1) is 15.1. The summed E-state index contributed by atoms with van der Waals surface area (Å²) in [6, 6.07) is 0. The van der Waals surface area contributed by atoms with Gasteiger partial charge in [0.05, 0.1) is 25.4 Å². The zero-order valence-corrected chi connectivity index (χ0v) is 9.93. The fourth-order valence-electron chi connectivity index (χ4n) is 1.23. The maximum Gasteiger partial charge on any atom is 0.317 e. The molecular formula is C11H21NO4. The Morgan fingerprint density at radius 2 is 2.19 bits per heavy atom. The Hall–Kier alpha value is -0.910. The molecule has 5 nitrogen and oxygen atoms in total. The standard InChI is InChI=1S/C11H21NO4/c1-4-5-12(7-11(14)15)6-10(13)8-16-9(2)3/h4,9-10,13H,1,5-8H2,2-3H3,(H,14,15). The van der Waals surface area contributed by atoms with Crippen molar-refractivity contribution in [2.45, 2.75) is 26.1 Å². The van der Waals surface area contributed by atoms with Crippen molar-refractivity contribution in [1.82, 2.24) is 4.90 Å². The second kappa shape index (κ2) is 8.27. The molecule has 0 fully saturated rings. The first-order valence-electron chi connectivity index (χ1n) is 5.30. The second-order valence-electron chi connectivity index (χ2n) is 3.91. The van der Waals surface area contributed by atoms with Gasteiger partial charge in [0.25, 0.3) is 0 Å². The van der Waals surface area contributed by atoms with E-state index in [1.54, 1.807) is 11.0 Å². The van der Waals surface area contributed by atoms with Gasteiger partial charge in [-0.15, -0.1) is 6.58 Å². The lowest BCUT2D eigenvalue weighted by Crippen LogP contribution is -2.38. The minimum absolute atomic E-state index is 0.0574. The van der Waals surface area contributed by atoms with Gasteiger partial charge in [-0.25, -0.2) is 0 Å². The molecule has 94 valence electrons. The normalized spacial score (nSPS) is 13.1. The third kappa shape index (κ3) is 8.40. The molecule has 1 unspecified atom stereocenters. The van der Waals surface area contributed by atoms with Crippen molar-refractivity contribution < 1.29 is 19.7 Å². The van der Waals surface area contributed by atoms with Gasteiger partial charge in [-0.1, -0.05) is 6.08 Å². The van der Waals surface area contributed by atoms with Gasteiger partial charge < -0.3 is 14.9 Å². The van der Waals surface area contributed by atoms with Crippen LogP contribution in [-0.2, 0) is 9.53 Å². The number of carboxylic acid groups (broad SMARTS) is 1. The lowest BCUT2D eigenvalue weighted by molar-refractivity contribution is -0.138. The fourth-order valence-corrected chi connectivity index (χ4v) is 1.23. The Kier molecular flexibility index (Phi) is 7.80. The molecule has 2 N–H and O–H groups in total. The van der Waals surface area contributed by atoms with Gasteiger partial charge in [0.15, 0.2) is 0 Å². The number of aliphatic hydroxyl groups excluding tert-OH is 1. The number of hydrogen-bond donors (Lipinski definition) is 2. The molecule has 0 spiro atoms. The maximum absolute atomic E-state index is 10.5. The van der Waals surface area contributed by atoms with E-state index in [9.17, 15) is 9.90 Å². The number of aliphatic hydroxyl groups is 1. The molecule has 0 aliphatic rings. The number of carbonyl (C=O) groups is 1. The van der Waals surface area contributed by atoms with Gasteiger partial charge in [-0.3, -0.25) is 9.69 Å². The summed E-state index contributed by atoms with van der Waals surface area (Å²) in [5, 5.41) is 18.3. The first-order chi connectivity index (χ1) is 7.45. The van der Waals surface area contributed by atoms with E-state index in [1.807, 2.05) is 13.8 Å². The summed E-state index contributed by atoms with van der Waals surface area (Å²) in [4.78, 5) is 12.1. The van der Waals surface area contributed by atoms with Crippen molar-refractivity contribution in [2.75, 3.05) is 26.2 Å². The number of ether oxygens (including phenoxy) is 1. The molecule has 1 atom stereocenters. The monoisotopic (exact) mass is 231 g/mol. The summed E-state index contributed by atoms with van der Waals surface area (Å²) in [6.07, 6.45) is 0.988. The summed E-state index contributed by atoms with van der Waals surface area (Å²) >= 11 is 0. The molecule has 0 heterocycles. The van der Waals surface area contributed by atoms with E-state index in [0.717, 1.165) is 0 Å². The molecular weight excluding hydrogens is 210 g/mol. The molecule has 5 heteroatoms. The molecule has 0 amide bonds. The van der Waals surface area contributed by atoms with Gasteiger partial charge in [0.1, 0.15) is 0 Å². The molecule has 16 heavy (non-hydrogen) atoms. The van der Waals surface area contributed by atoms with E-state index in [2.05, 4.69) is 6.58 Å². The minimum Gasteiger partial charge on any atom is -0.480 e. The van der Waals surface area contributed by atoms with Gasteiger partial charge in [-0.2, -0.15) is 0 Å². The molecule has 0 aromatic carbocycles. The van der Waals surface area contributed by atoms with Crippen molar-refractivity contribution in [2.24, 2.45) is 0 Å². The van der Waals surface area contributed by atoms with Crippen LogP contribution in [0.25, 0.3) is 0 Å². The number of rotatable bonds is 9. The van der Waals surface area contributed by atoms with E-state index in [-0.39, 0.29) is 25.8 Å².